The van der Waals surface area contributed by atoms with E-state index in [0.717, 1.165) is 41.9 Å². The van der Waals surface area contributed by atoms with Gasteiger partial charge in [0.15, 0.2) is 0 Å². The number of rotatable bonds is 4. The molecule has 0 saturated carbocycles. The van der Waals surface area contributed by atoms with Crippen LogP contribution < -0.4 is 0 Å². The van der Waals surface area contributed by atoms with E-state index in [-0.39, 0.29) is 0 Å². The molecule has 0 spiro atoms. The van der Waals surface area contributed by atoms with Gasteiger partial charge in [-0.15, -0.1) is 23.5 Å². The predicted octanol–water partition coefficient (Wildman–Crippen LogP) is 3.31. The van der Waals surface area contributed by atoms with Crippen molar-refractivity contribution in [3.8, 4) is 0 Å². The molecule has 3 rings (SSSR count). The molecule has 0 amide bonds. The maximum Gasteiger partial charge on any atom is 0.332 e. The highest BCUT2D eigenvalue weighted by atomic mass is 32.2. The lowest BCUT2D eigenvalue weighted by Crippen LogP contribution is -2.16. The molecule has 21 heavy (non-hydrogen) atoms. The first-order chi connectivity index (χ1) is 10.1. The van der Waals surface area contributed by atoms with Crippen molar-refractivity contribution in [1.82, 2.24) is 9.78 Å². The number of allylic oxidation sites excluding steroid dienone is 2. The summed E-state index contributed by atoms with van der Waals surface area (Å²) >= 11 is 3.49. The Hall–Kier alpha value is -1.14. The van der Waals surface area contributed by atoms with Crippen molar-refractivity contribution in [3.63, 3.8) is 0 Å². The predicted molar refractivity (Wildman–Crippen MR) is 88.3 cm³/mol. The zero-order chi connectivity index (χ0) is 15.0. The quantitative estimate of drug-likeness (QED) is 0.921. The molecule has 0 radical (unpaired) electrons. The molecule has 112 valence electrons. The van der Waals surface area contributed by atoms with Crippen LogP contribution in [0, 0.1) is 0 Å². The van der Waals surface area contributed by atoms with Gasteiger partial charge in [0.05, 0.1) is 15.5 Å². The highest BCUT2D eigenvalue weighted by Gasteiger charge is 2.32. The van der Waals surface area contributed by atoms with Gasteiger partial charge in [0.25, 0.3) is 0 Å². The fraction of sp³-hybridized carbons (Fsp3) is 0.467. The van der Waals surface area contributed by atoms with Gasteiger partial charge in [-0.05, 0) is 36.2 Å². The van der Waals surface area contributed by atoms with Crippen molar-refractivity contribution < 1.29 is 9.90 Å². The molecule has 1 aliphatic heterocycles. The van der Waals surface area contributed by atoms with E-state index >= 15 is 0 Å². The number of fused-ring (bicyclic) bond motifs is 3. The fourth-order valence-electron chi connectivity index (χ4n) is 2.78. The Morgan fingerprint density at radius 2 is 2.33 bits per heavy atom. The molecule has 0 atom stereocenters. The number of hydrogen-bond acceptors (Lipinski definition) is 4. The zero-order valence-electron chi connectivity index (χ0n) is 12.2. The van der Waals surface area contributed by atoms with Crippen LogP contribution in [0.2, 0.25) is 0 Å². The van der Waals surface area contributed by atoms with E-state index in [4.69, 9.17) is 0 Å². The molecule has 0 unspecified atom stereocenters. The Morgan fingerprint density at radius 3 is 3.05 bits per heavy atom. The average Bonchev–Trinajstić information content (AvgIpc) is 2.84. The molecule has 6 heteroatoms. The van der Waals surface area contributed by atoms with Crippen LogP contribution in [0.4, 0.5) is 0 Å². The topological polar surface area (TPSA) is 55.1 Å². The average molecular weight is 322 g/mol. The minimum Gasteiger partial charge on any atom is -0.478 e. The van der Waals surface area contributed by atoms with Crippen molar-refractivity contribution in [2.45, 2.75) is 26.2 Å². The molecule has 4 nitrogen and oxygen atoms in total. The lowest BCUT2D eigenvalue weighted by molar-refractivity contribution is -0.132. The fourth-order valence-corrected chi connectivity index (χ4v) is 5.23. The van der Waals surface area contributed by atoms with E-state index in [9.17, 15) is 9.90 Å². The summed E-state index contributed by atoms with van der Waals surface area (Å²) in [7, 11) is 1.93. The molecule has 1 N–H and O–H groups in total. The van der Waals surface area contributed by atoms with Gasteiger partial charge in [0.1, 0.15) is 0 Å². The van der Waals surface area contributed by atoms with Gasteiger partial charge in [0.2, 0.25) is 0 Å². The number of aryl methyl sites for hydroxylation is 2. The van der Waals surface area contributed by atoms with E-state index in [1.54, 1.807) is 11.8 Å². The SMILES string of the molecule is CCCSC1=C2C(=C(C(=O)O)CS1)CCc1cn(C)nc12. The van der Waals surface area contributed by atoms with Crippen LogP contribution in [-0.4, -0.2) is 32.4 Å². The Labute approximate surface area is 132 Å². The Balaban J connectivity index is 2.15. The summed E-state index contributed by atoms with van der Waals surface area (Å²) in [5.74, 6) is 0.848. The number of carboxylic acids is 1. The van der Waals surface area contributed by atoms with Crippen molar-refractivity contribution >= 4 is 35.1 Å². The number of thioether (sulfide) groups is 2. The number of hydrogen-bond donors (Lipinski definition) is 1. The summed E-state index contributed by atoms with van der Waals surface area (Å²) in [6.45, 7) is 2.16. The smallest absolute Gasteiger partial charge is 0.332 e. The van der Waals surface area contributed by atoms with Gasteiger partial charge in [0, 0.05) is 24.6 Å². The van der Waals surface area contributed by atoms with Crippen LogP contribution in [0.3, 0.4) is 0 Å². The van der Waals surface area contributed by atoms with Crippen molar-refractivity contribution in [1.29, 1.82) is 0 Å². The van der Waals surface area contributed by atoms with Gasteiger partial charge in [-0.25, -0.2) is 4.79 Å². The number of carbonyl (C=O) groups is 1. The molecular weight excluding hydrogens is 304 g/mol. The lowest BCUT2D eigenvalue weighted by atomic mass is 9.86. The number of aromatic nitrogens is 2. The van der Waals surface area contributed by atoms with Gasteiger partial charge < -0.3 is 5.11 Å². The van der Waals surface area contributed by atoms with E-state index in [0.29, 0.717) is 11.3 Å². The first kappa shape index (κ1) is 14.8. The molecule has 0 saturated heterocycles. The largest absolute Gasteiger partial charge is 0.478 e. The Morgan fingerprint density at radius 1 is 1.52 bits per heavy atom. The monoisotopic (exact) mass is 322 g/mol. The summed E-state index contributed by atoms with van der Waals surface area (Å²) in [4.78, 5) is 11.5. The molecule has 2 heterocycles. The third kappa shape index (κ3) is 2.66. The Kier molecular flexibility index (Phi) is 4.17. The van der Waals surface area contributed by atoms with E-state index < -0.39 is 5.97 Å². The molecule has 1 aliphatic carbocycles. The first-order valence-corrected chi connectivity index (χ1v) is 9.07. The normalized spacial score (nSPS) is 17.8. The number of carboxylic acid groups (broad SMARTS) is 1. The highest BCUT2D eigenvalue weighted by Crippen LogP contribution is 2.49. The molecule has 1 aromatic rings. The third-order valence-corrected chi connectivity index (χ3v) is 6.38. The van der Waals surface area contributed by atoms with Crippen LogP contribution in [0.25, 0.3) is 5.57 Å². The summed E-state index contributed by atoms with van der Waals surface area (Å²) in [5, 5.41) is 14.1. The standard InChI is InChI=1S/C15H18N2O2S2/c1-3-6-20-15-12-10(11(8-21-15)14(18)19)5-4-9-7-17(2)16-13(9)12/h7H,3-6,8H2,1-2H3,(H,18,19). The molecule has 1 aromatic heterocycles. The van der Waals surface area contributed by atoms with Crippen molar-refractivity contribution in [3.05, 3.63) is 32.8 Å². The second-order valence-electron chi connectivity index (χ2n) is 5.24. The van der Waals surface area contributed by atoms with Crippen molar-refractivity contribution in [2.24, 2.45) is 7.05 Å². The highest BCUT2D eigenvalue weighted by molar-refractivity contribution is 8.22. The lowest BCUT2D eigenvalue weighted by Gasteiger charge is -2.27. The molecular formula is C15H18N2O2S2. The van der Waals surface area contributed by atoms with Gasteiger partial charge in [-0.2, -0.15) is 5.10 Å². The second-order valence-corrected chi connectivity index (χ2v) is 7.59. The summed E-state index contributed by atoms with van der Waals surface area (Å²) in [6, 6.07) is 0. The van der Waals surface area contributed by atoms with Gasteiger partial charge >= 0.3 is 5.97 Å². The maximum atomic E-state index is 11.5. The van der Waals surface area contributed by atoms with Gasteiger partial charge in [-0.3, -0.25) is 4.68 Å². The molecule has 0 fully saturated rings. The zero-order valence-corrected chi connectivity index (χ0v) is 13.8. The third-order valence-electron chi connectivity index (χ3n) is 3.70. The van der Waals surface area contributed by atoms with Crippen LogP contribution in [0.1, 0.15) is 31.0 Å². The summed E-state index contributed by atoms with van der Waals surface area (Å²) in [5.41, 5.74) is 4.88. The number of nitrogens with zero attached hydrogens (tertiary/aromatic N) is 2. The van der Waals surface area contributed by atoms with E-state index in [2.05, 4.69) is 18.2 Å². The molecule has 0 aromatic carbocycles. The summed E-state index contributed by atoms with van der Waals surface area (Å²) in [6.07, 6.45) is 4.87. The molecule has 2 aliphatic rings. The van der Waals surface area contributed by atoms with Gasteiger partial charge in [-0.1, -0.05) is 6.92 Å². The second kappa shape index (κ2) is 5.93. The van der Waals surface area contributed by atoms with Crippen LogP contribution in [0.5, 0.6) is 0 Å². The van der Waals surface area contributed by atoms with E-state index in [1.165, 1.54) is 9.80 Å². The van der Waals surface area contributed by atoms with Crippen LogP contribution in [-0.2, 0) is 18.3 Å². The molecule has 0 bridgehead atoms. The number of aliphatic carboxylic acids is 1. The van der Waals surface area contributed by atoms with E-state index in [1.807, 2.05) is 23.5 Å². The van der Waals surface area contributed by atoms with Crippen LogP contribution in [0.15, 0.2) is 21.6 Å². The Bertz CT molecular complexity index is 659. The van der Waals surface area contributed by atoms with Crippen LogP contribution >= 0.6 is 23.5 Å². The maximum absolute atomic E-state index is 11.5. The minimum atomic E-state index is -0.783. The summed E-state index contributed by atoms with van der Waals surface area (Å²) < 4.78 is 3.08. The first-order valence-electron chi connectivity index (χ1n) is 7.10. The minimum absolute atomic E-state index is 0.562. The van der Waals surface area contributed by atoms with Crippen molar-refractivity contribution in [2.75, 3.05) is 11.5 Å².